The van der Waals surface area contributed by atoms with E-state index in [0.29, 0.717) is 11.2 Å². The predicted molar refractivity (Wildman–Crippen MR) is 78.0 cm³/mol. The average Bonchev–Trinajstić information content (AvgIpc) is 2.80. The highest BCUT2D eigenvalue weighted by atomic mass is 32.1. The molecule has 1 aromatic carbocycles. The van der Waals surface area contributed by atoms with E-state index >= 15 is 0 Å². The zero-order valence-electron chi connectivity index (χ0n) is 10.5. The number of nitrogens with two attached hydrogens (primary N) is 1. The normalized spacial score (nSPS) is 11.0. The van der Waals surface area contributed by atoms with Crippen LogP contribution in [0.4, 0.5) is 0 Å². The standard InChI is InChI=1S/C14H13N3OS/c1-9-16-13-12(14(18)17(9)15)8-11(19-13)7-10-5-3-2-4-6-10/h2-6,8H,7,15H2,1H3. The van der Waals surface area contributed by atoms with Crippen LogP contribution in [0.3, 0.4) is 0 Å². The van der Waals surface area contributed by atoms with Gasteiger partial charge in [-0.15, -0.1) is 11.3 Å². The van der Waals surface area contributed by atoms with Crippen molar-refractivity contribution in [1.29, 1.82) is 0 Å². The quantitative estimate of drug-likeness (QED) is 0.726. The molecule has 5 heteroatoms. The molecule has 19 heavy (non-hydrogen) atoms. The highest BCUT2D eigenvalue weighted by Crippen LogP contribution is 2.23. The van der Waals surface area contributed by atoms with Gasteiger partial charge in [0.1, 0.15) is 10.7 Å². The van der Waals surface area contributed by atoms with E-state index in [2.05, 4.69) is 17.1 Å². The van der Waals surface area contributed by atoms with Gasteiger partial charge in [-0.2, -0.15) is 0 Å². The van der Waals surface area contributed by atoms with Crippen molar-refractivity contribution in [3.63, 3.8) is 0 Å². The molecule has 96 valence electrons. The van der Waals surface area contributed by atoms with Gasteiger partial charge in [-0.05, 0) is 18.6 Å². The molecule has 0 aliphatic carbocycles. The summed E-state index contributed by atoms with van der Waals surface area (Å²) in [6.45, 7) is 1.73. The van der Waals surface area contributed by atoms with Crippen molar-refractivity contribution in [3.05, 3.63) is 63.0 Å². The Hall–Kier alpha value is -2.14. The Balaban J connectivity index is 2.08. The minimum Gasteiger partial charge on any atom is -0.335 e. The fourth-order valence-corrected chi connectivity index (χ4v) is 3.13. The van der Waals surface area contributed by atoms with Gasteiger partial charge in [0.05, 0.1) is 5.39 Å². The van der Waals surface area contributed by atoms with Crippen molar-refractivity contribution >= 4 is 21.6 Å². The van der Waals surface area contributed by atoms with Gasteiger partial charge < -0.3 is 5.84 Å². The van der Waals surface area contributed by atoms with E-state index in [4.69, 9.17) is 5.84 Å². The number of aryl methyl sites for hydroxylation is 1. The first-order valence-corrected chi connectivity index (χ1v) is 6.78. The summed E-state index contributed by atoms with van der Waals surface area (Å²) in [5.41, 5.74) is 1.04. The van der Waals surface area contributed by atoms with Crippen LogP contribution in [-0.2, 0) is 6.42 Å². The van der Waals surface area contributed by atoms with Gasteiger partial charge in [-0.1, -0.05) is 30.3 Å². The van der Waals surface area contributed by atoms with Gasteiger partial charge in [-0.25, -0.2) is 9.66 Å². The molecule has 0 spiro atoms. The molecule has 0 atom stereocenters. The molecular formula is C14H13N3OS. The molecular weight excluding hydrogens is 258 g/mol. The Morgan fingerprint density at radius 2 is 2.05 bits per heavy atom. The summed E-state index contributed by atoms with van der Waals surface area (Å²) in [5.74, 6) is 6.19. The van der Waals surface area contributed by atoms with E-state index < -0.39 is 0 Å². The highest BCUT2D eigenvalue weighted by Gasteiger charge is 2.10. The van der Waals surface area contributed by atoms with Crippen LogP contribution in [0.15, 0.2) is 41.2 Å². The second-order valence-corrected chi connectivity index (χ2v) is 5.54. The summed E-state index contributed by atoms with van der Waals surface area (Å²) in [7, 11) is 0. The largest absolute Gasteiger partial charge is 0.335 e. The van der Waals surface area contributed by atoms with E-state index in [9.17, 15) is 4.79 Å². The third-order valence-corrected chi connectivity index (χ3v) is 4.07. The Labute approximate surface area is 114 Å². The van der Waals surface area contributed by atoms with Crippen LogP contribution in [0.2, 0.25) is 0 Å². The molecule has 0 bridgehead atoms. The fourth-order valence-electron chi connectivity index (χ4n) is 2.03. The number of aromatic nitrogens is 2. The van der Waals surface area contributed by atoms with Crippen molar-refractivity contribution in [2.24, 2.45) is 0 Å². The maximum Gasteiger partial charge on any atom is 0.280 e. The molecule has 0 saturated carbocycles. The summed E-state index contributed by atoms with van der Waals surface area (Å²) >= 11 is 1.55. The van der Waals surface area contributed by atoms with Crippen molar-refractivity contribution in [1.82, 2.24) is 9.66 Å². The SMILES string of the molecule is Cc1nc2sc(Cc3ccccc3)cc2c(=O)n1N. The van der Waals surface area contributed by atoms with Crippen molar-refractivity contribution < 1.29 is 0 Å². The number of fused-ring (bicyclic) bond motifs is 1. The monoisotopic (exact) mass is 271 g/mol. The molecule has 0 radical (unpaired) electrons. The molecule has 2 aromatic heterocycles. The maximum absolute atomic E-state index is 12.0. The van der Waals surface area contributed by atoms with Gasteiger partial charge >= 0.3 is 0 Å². The number of nitrogens with zero attached hydrogens (tertiary/aromatic N) is 2. The third-order valence-electron chi connectivity index (χ3n) is 3.05. The van der Waals surface area contributed by atoms with Crippen molar-refractivity contribution in [2.75, 3.05) is 5.84 Å². The fraction of sp³-hybridized carbons (Fsp3) is 0.143. The Bertz CT molecular complexity index is 790. The van der Waals surface area contributed by atoms with Crippen molar-refractivity contribution in [3.8, 4) is 0 Å². The molecule has 4 nitrogen and oxygen atoms in total. The van der Waals surface area contributed by atoms with Crippen LogP contribution in [0.5, 0.6) is 0 Å². The van der Waals surface area contributed by atoms with E-state index in [-0.39, 0.29) is 5.56 Å². The summed E-state index contributed by atoms with van der Waals surface area (Å²) in [6, 6.07) is 12.1. The van der Waals surface area contributed by atoms with Crippen molar-refractivity contribution in [2.45, 2.75) is 13.3 Å². The van der Waals surface area contributed by atoms with Gasteiger partial charge in [0.15, 0.2) is 0 Å². The smallest absolute Gasteiger partial charge is 0.280 e. The van der Waals surface area contributed by atoms with Gasteiger partial charge in [-0.3, -0.25) is 4.79 Å². The predicted octanol–water partition coefficient (Wildman–Crippen LogP) is 2.07. The van der Waals surface area contributed by atoms with E-state index in [1.165, 1.54) is 5.56 Å². The van der Waals surface area contributed by atoms with Crippen LogP contribution in [0.1, 0.15) is 16.3 Å². The highest BCUT2D eigenvalue weighted by molar-refractivity contribution is 7.18. The summed E-state index contributed by atoms with van der Waals surface area (Å²) in [5, 5.41) is 0.601. The number of thiophene rings is 1. The second-order valence-electron chi connectivity index (χ2n) is 4.43. The van der Waals surface area contributed by atoms with Crippen LogP contribution >= 0.6 is 11.3 Å². The lowest BCUT2D eigenvalue weighted by Gasteiger charge is -2.00. The third kappa shape index (κ3) is 2.13. The summed E-state index contributed by atoms with van der Waals surface area (Å²) < 4.78 is 1.10. The Morgan fingerprint density at radius 3 is 2.79 bits per heavy atom. The van der Waals surface area contributed by atoms with Gasteiger partial charge in [0.2, 0.25) is 0 Å². The maximum atomic E-state index is 12.0. The topological polar surface area (TPSA) is 60.9 Å². The minimum atomic E-state index is -0.182. The van der Waals surface area contributed by atoms with E-state index in [1.807, 2.05) is 24.3 Å². The molecule has 3 aromatic rings. The summed E-state index contributed by atoms with van der Waals surface area (Å²) in [4.78, 5) is 18.3. The van der Waals surface area contributed by atoms with E-state index in [1.54, 1.807) is 18.3 Å². The Morgan fingerprint density at radius 1 is 1.32 bits per heavy atom. The molecule has 0 aliphatic rings. The first-order valence-electron chi connectivity index (χ1n) is 5.96. The molecule has 3 rings (SSSR count). The Kier molecular flexibility index (Phi) is 2.83. The van der Waals surface area contributed by atoms with Crippen LogP contribution in [0, 0.1) is 6.92 Å². The summed E-state index contributed by atoms with van der Waals surface area (Å²) in [6.07, 6.45) is 0.810. The lowest BCUT2D eigenvalue weighted by atomic mass is 10.1. The molecule has 2 N–H and O–H groups in total. The van der Waals surface area contributed by atoms with E-state index in [0.717, 1.165) is 20.8 Å². The molecule has 0 unspecified atom stereocenters. The molecule has 0 aliphatic heterocycles. The van der Waals surface area contributed by atoms with Crippen LogP contribution < -0.4 is 11.4 Å². The number of nitrogen functional groups attached to an aromatic ring is 1. The minimum absolute atomic E-state index is 0.182. The lowest BCUT2D eigenvalue weighted by molar-refractivity contribution is 0.854. The average molecular weight is 271 g/mol. The van der Waals surface area contributed by atoms with Gasteiger partial charge in [0.25, 0.3) is 5.56 Å². The number of hydrogen-bond donors (Lipinski definition) is 1. The number of benzene rings is 1. The first kappa shape index (κ1) is 11.9. The van der Waals surface area contributed by atoms with Gasteiger partial charge in [0, 0.05) is 11.3 Å². The second kappa shape index (κ2) is 4.51. The zero-order valence-corrected chi connectivity index (χ0v) is 11.3. The number of rotatable bonds is 2. The molecule has 0 saturated heterocycles. The van der Waals surface area contributed by atoms with Crippen LogP contribution in [0.25, 0.3) is 10.2 Å². The zero-order chi connectivity index (χ0) is 13.4. The lowest BCUT2D eigenvalue weighted by Crippen LogP contribution is -2.29. The first-order chi connectivity index (χ1) is 9.15. The molecule has 0 amide bonds. The molecule has 0 fully saturated rings. The van der Waals surface area contributed by atoms with Crippen LogP contribution in [-0.4, -0.2) is 9.66 Å². The number of hydrogen-bond acceptors (Lipinski definition) is 4. The molecule has 2 heterocycles.